The fourth-order valence-electron chi connectivity index (χ4n) is 2.67. The van der Waals surface area contributed by atoms with Crippen LogP contribution in [-0.2, 0) is 0 Å². The van der Waals surface area contributed by atoms with E-state index >= 15 is 0 Å². The predicted molar refractivity (Wildman–Crippen MR) is 106 cm³/mol. The quantitative estimate of drug-likeness (QED) is 0.435. The van der Waals surface area contributed by atoms with Gasteiger partial charge < -0.3 is 20.7 Å². The van der Waals surface area contributed by atoms with Crippen molar-refractivity contribution in [1.29, 1.82) is 0 Å². The molecule has 1 atom stereocenters. The van der Waals surface area contributed by atoms with Crippen LogP contribution in [0, 0.1) is 0 Å². The number of carbonyl (C=O) groups is 2. The summed E-state index contributed by atoms with van der Waals surface area (Å²) in [6, 6.07) is 12.2. The molecule has 0 bridgehead atoms. The molecule has 26 heavy (non-hydrogen) atoms. The summed E-state index contributed by atoms with van der Waals surface area (Å²) in [7, 11) is 0. The van der Waals surface area contributed by atoms with Crippen molar-refractivity contribution in [2.75, 3.05) is 6.54 Å². The molecule has 8 heteroatoms. The number of nitrogens with one attached hydrogen (secondary N) is 3. The Morgan fingerprint density at radius 2 is 1.77 bits per heavy atom. The Bertz CT molecular complexity index is 954. The summed E-state index contributed by atoms with van der Waals surface area (Å²) in [6.07, 6.45) is 0.640. The molecule has 1 aromatic heterocycles. The lowest BCUT2D eigenvalue weighted by atomic mass is 10.0. The van der Waals surface area contributed by atoms with Gasteiger partial charge in [0.05, 0.1) is 6.04 Å². The minimum atomic E-state index is -1.14. The molecule has 0 aliphatic rings. The number of aromatic nitrogens is 1. The molecule has 0 spiro atoms. The number of halogens is 2. The zero-order valence-electron chi connectivity index (χ0n) is 13.4. The largest absolute Gasteiger partial charge is 0.465 e. The van der Waals surface area contributed by atoms with Gasteiger partial charge >= 0.3 is 6.09 Å². The number of aromatic amines is 1. The van der Waals surface area contributed by atoms with E-state index in [1.807, 2.05) is 18.2 Å². The number of hydrogen-bond donors (Lipinski definition) is 4. The highest BCUT2D eigenvalue weighted by Gasteiger charge is 2.20. The summed E-state index contributed by atoms with van der Waals surface area (Å²) >= 11 is 6.78. The Labute approximate surface area is 166 Å². The second-order valence-corrected chi connectivity index (χ2v) is 7.48. The summed E-state index contributed by atoms with van der Waals surface area (Å²) in [5.41, 5.74) is 2.21. The van der Waals surface area contributed by atoms with Gasteiger partial charge in [0.1, 0.15) is 0 Å². The van der Waals surface area contributed by atoms with E-state index in [9.17, 15) is 9.59 Å². The van der Waals surface area contributed by atoms with Gasteiger partial charge in [-0.3, -0.25) is 4.79 Å². The Morgan fingerprint density at radius 1 is 1.08 bits per heavy atom. The van der Waals surface area contributed by atoms with Crippen LogP contribution >= 0.6 is 31.9 Å². The van der Waals surface area contributed by atoms with Crippen molar-refractivity contribution >= 4 is 54.8 Å². The number of rotatable bonds is 5. The number of fused-ring (bicyclic) bond motifs is 1. The second-order valence-electron chi connectivity index (χ2n) is 5.65. The van der Waals surface area contributed by atoms with Crippen LogP contribution < -0.4 is 10.6 Å². The Hall–Kier alpha value is -2.32. The molecule has 0 aliphatic carbocycles. The van der Waals surface area contributed by atoms with E-state index in [-0.39, 0.29) is 12.5 Å². The number of carbonyl (C=O) groups excluding carboxylic acids is 1. The lowest BCUT2D eigenvalue weighted by Gasteiger charge is -2.18. The van der Waals surface area contributed by atoms with Gasteiger partial charge in [-0.2, -0.15) is 0 Å². The van der Waals surface area contributed by atoms with E-state index in [2.05, 4.69) is 47.5 Å². The Kier molecular flexibility index (Phi) is 5.63. The van der Waals surface area contributed by atoms with Gasteiger partial charge in [-0.05, 0) is 42.5 Å². The maximum Gasteiger partial charge on any atom is 0.404 e. The first-order chi connectivity index (χ1) is 12.4. The molecule has 3 aromatic rings. The summed E-state index contributed by atoms with van der Waals surface area (Å²) in [5.74, 6) is -0.279. The topological polar surface area (TPSA) is 94.2 Å². The van der Waals surface area contributed by atoms with E-state index in [1.165, 1.54) is 0 Å². The van der Waals surface area contributed by atoms with Crippen molar-refractivity contribution in [3.63, 3.8) is 0 Å². The van der Waals surface area contributed by atoms with Crippen molar-refractivity contribution < 1.29 is 14.7 Å². The first kappa shape index (κ1) is 18.5. The summed E-state index contributed by atoms with van der Waals surface area (Å²) in [6.45, 7) is 0.0526. The summed E-state index contributed by atoms with van der Waals surface area (Å²) < 4.78 is 1.77. The lowest BCUT2D eigenvalue weighted by Crippen LogP contribution is -2.37. The molecule has 0 fully saturated rings. The molecule has 2 amide bonds. The van der Waals surface area contributed by atoms with Crippen LogP contribution in [0.5, 0.6) is 0 Å². The third kappa shape index (κ3) is 4.25. The SMILES string of the molecule is O=C(O)NCC(NC(=O)c1ccc(Br)cc1)c1c[nH]c2ccc(Br)cc12. The zero-order valence-corrected chi connectivity index (χ0v) is 16.6. The number of H-pyrrole nitrogens is 1. The van der Waals surface area contributed by atoms with E-state index < -0.39 is 12.1 Å². The molecule has 0 aliphatic heterocycles. The summed E-state index contributed by atoms with van der Waals surface area (Å²) in [4.78, 5) is 26.7. The Morgan fingerprint density at radius 3 is 2.46 bits per heavy atom. The van der Waals surface area contributed by atoms with E-state index in [1.54, 1.807) is 30.5 Å². The van der Waals surface area contributed by atoms with Gasteiger partial charge in [0.15, 0.2) is 0 Å². The molecule has 2 aromatic carbocycles. The minimum absolute atomic E-state index is 0.0526. The molecule has 0 radical (unpaired) electrons. The second kappa shape index (κ2) is 7.92. The normalized spacial score (nSPS) is 11.9. The molecule has 3 rings (SSSR count). The van der Waals surface area contributed by atoms with Crippen LogP contribution in [0.15, 0.2) is 57.6 Å². The highest BCUT2D eigenvalue weighted by molar-refractivity contribution is 9.10. The third-order valence-corrected chi connectivity index (χ3v) is 4.94. The fourth-order valence-corrected chi connectivity index (χ4v) is 3.30. The smallest absolute Gasteiger partial charge is 0.404 e. The van der Waals surface area contributed by atoms with Crippen molar-refractivity contribution in [3.05, 3.63) is 68.7 Å². The number of carboxylic acid groups (broad SMARTS) is 1. The van der Waals surface area contributed by atoms with Gasteiger partial charge in [0.2, 0.25) is 0 Å². The molecule has 1 unspecified atom stereocenters. The molecule has 4 N–H and O–H groups in total. The van der Waals surface area contributed by atoms with Gasteiger partial charge in [-0.15, -0.1) is 0 Å². The first-order valence-corrected chi connectivity index (χ1v) is 9.32. The maximum absolute atomic E-state index is 12.6. The summed E-state index contributed by atoms with van der Waals surface area (Å²) in [5, 5.41) is 15.1. The number of amides is 2. The van der Waals surface area contributed by atoms with Gasteiger partial charge in [0.25, 0.3) is 5.91 Å². The van der Waals surface area contributed by atoms with Gasteiger partial charge in [-0.1, -0.05) is 31.9 Å². The molecule has 0 saturated heterocycles. The van der Waals surface area contributed by atoms with Crippen molar-refractivity contribution in [1.82, 2.24) is 15.6 Å². The molecule has 6 nitrogen and oxygen atoms in total. The average Bonchev–Trinajstić information content (AvgIpc) is 3.01. The van der Waals surface area contributed by atoms with Crippen molar-refractivity contribution in [2.45, 2.75) is 6.04 Å². The maximum atomic E-state index is 12.6. The molecule has 1 heterocycles. The van der Waals surface area contributed by atoms with E-state index in [4.69, 9.17) is 5.11 Å². The monoisotopic (exact) mass is 479 g/mol. The molecular weight excluding hydrogens is 466 g/mol. The predicted octanol–water partition coefficient (Wildman–Crippen LogP) is 4.43. The van der Waals surface area contributed by atoms with Crippen LogP contribution in [0.3, 0.4) is 0 Å². The fraction of sp³-hybridized carbons (Fsp3) is 0.111. The molecule has 0 saturated carbocycles. The Balaban J connectivity index is 1.91. The first-order valence-electron chi connectivity index (χ1n) is 7.74. The minimum Gasteiger partial charge on any atom is -0.465 e. The average molecular weight is 481 g/mol. The zero-order chi connectivity index (χ0) is 18.7. The van der Waals surface area contributed by atoms with Gasteiger partial charge in [0, 0.05) is 43.7 Å². The number of benzene rings is 2. The highest BCUT2D eigenvalue weighted by Crippen LogP contribution is 2.27. The van der Waals surface area contributed by atoms with E-state index in [0.29, 0.717) is 5.56 Å². The van der Waals surface area contributed by atoms with E-state index in [0.717, 1.165) is 25.4 Å². The van der Waals surface area contributed by atoms with Crippen LogP contribution in [-0.4, -0.2) is 28.6 Å². The van der Waals surface area contributed by atoms with Crippen LogP contribution in [0.2, 0.25) is 0 Å². The van der Waals surface area contributed by atoms with Crippen LogP contribution in [0.1, 0.15) is 22.0 Å². The van der Waals surface area contributed by atoms with Crippen LogP contribution in [0.25, 0.3) is 10.9 Å². The highest BCUT2D eigenvalue weighted by atomic mass is 79.9. The van der Waals surface area contributed by atoms with Crippen molar-refractivity contribution in [3.8, 4) is 0 Å². The number of hydrogen-bond acceptors (Lipinski definition) is 2. The van der Waals surface area contributed by atoms with Crippen LogP contribution in [0.4, 0.5) is 4.79 Å². The standard InChI is InChI=1S/C18H15Br2N3O3/c19-11-3-1-10(2-4-11)17(24)23-16(9-22-18(25)26)14-8-21-15-6-5-12(20)7-13(14)15/h1-8,16,21-22H,9H2,(H,23,24)(H,25,26). The van der Waals surface area contributed by atoms with Gasteiger partial charge in [-0.25, -0.2) is 4.79 Å². The van der Waals surface area contributed by atoms with Crippen molar-refractivity contribution in [2.24, 2.45) is 0 Å². The third-order valence-electron chi connectivity index (χ3n) is 3.92. The molecule has 134 valence electrons. The molecular formula is C18H15Br2N3O3. The lowest BCUT2D eigenvalue weighted by molar-refractivity contribution is 0.0935.